The lowest BCUT2D eigenvalue weighted by Crippen LogP contribution is -2.35. The first-order valence-corrected chi connectivity index (χ1v) is 8.99. The van der Waals surface area contributed by atoms with Crippen molar-refractivity contribution in [3.63, 3.8) is 0 Å². The van der Waals surface area contributed by atoms with E-state index in [1.54, 1.807) is 12.1 Å². The Kier molecular flexibility index (Phi) is 7.04. The molecule has 0 saturated heterocycles. The maximum absolute atomic E-state index is 12.9. The maximum Gasteiger partial charge on any atom is 0.349 e. The molecule has 0 radical (unpaired) electrons. The van der Waals surface area contributed by atoms with Crippen LogP contribution in [0, 0.1) is 0 Å². The van der Waals surface area contributed by atoms with E-state index >= 15 is 0 Å². The van der Waals surface area contributed by atoms with E-state index in [1.165, 1.54) is 0 Å². The molecule has 0 saturated carbocycles. The van der Waals surface area contributed by atoms with Crippen LogP contribution < -0.4 is 5.63 Å². The Morgan fingerprint density at radius 1 is 1.00 bits per heavy atom. The average Bonchev–Trinajstić information content (AvgIpc) is 2.59. The molecule has 1 aromatic heterocycles. The van der Waals surface area contributed by atoms with Gasteiger partial charge in [0.1, 0.15) is 11.1 Å². The van der Waals surface area contributed by atoms with Gasteiger partial charge in [0.2, 0.25) is 0 Å². The monoisotopic (exact) mass is 329 g/mol. The second-order valence-electron chi connectivity index (χ2n) is 6.19. The molecule has 0 N–H and O–H groups in total. The Bertz CT molecular complexity index is 710. The van der Waals surface area contributed by atoms with Crippen LogP contribution in [0.2, 0.25) is 0 Å². The first kappa shape index (κ1) is 18.2. The number of hydrogen-bond donors (Lipinski definition) is 0. The standard InChI is InChI=1S/C20H27NO3/c1-3-5-9-13-21(14-10-6-4-2)19(22)17-15-16-11-7-8-12-18(16)24-20(17)23/h7-8,11-12,15H,3-6,9-10,13-14H2,1-2H3. The van der Waals surface area contributed by atoms with Crippen LogP contribution in [0.25, 0.3) is 11.0 Å². The molecule has 0 bridgehead atoms. The van der Waals surface area contributed by atoms with Gasteiger partial charge >= 0.3 is 5.63 Å². The van der Waals surface area contributed by atoms with Gasteiger partial charge in [0.15, 0.2) is 0 Å². The van der Waals surface area contributed by atoms with E-state index in [4.69, 9.17) is 4.42 Å². The summed E-state index contributed by atoms with van der Waals surface area (Å²) in [7, 11) is 0. The van der Waals surface area contributed by atoms with Crippen molar-refractivity contribution in [3.05, 3.63) is 46.3 Å². The Morgan fingerprint density at radius 2 is 1.62 bits per heavy atom. The smallest absolute Gasteiger partial charge is 0.349 e. The number of unbranched alkanes of at least 4 members (excludes halogenated alkanes) is 4. The van der Waals surface area contributed by atoms with Crippen molar-refractivity contribution in [1.29, 1.82) is 0 Å². The van der Waals surface area contributed by atoms with E-state index in [9.17, 15) is 9.59 Å². The van der Waals surface area contributed by atoms with Crippen LogP contribution in [0.5, 0.6) is 0 Å². The lowest BCUT2D eigenvalue weighted by Gasteiger charge is -2.22. The Labute approximate surface area is 143 Å². The van der Waals surface area contributed by atoms with E-state index in [-0.39, 0.29) is 11.5 Å². The molecule has 0 fully saturated rings. The molecule has 1 amide bonds. The minimum Gasteiger partial charge on any atom is -0.422 e. The van der Waals surface area contributed by atoms with Gasteiger partial charge in [-0.1, -0.05) is 57.7 Å². The van der Waals surface area contributed by atoms with Crippen molar-refractivity contribution in [2.75, 3.05) is 13.1 Å². The first-order valence-electron chi connectivity index (χ1n) is 8.99. The maximum atomic E-state index is 12.9. The predicted octanol–water partition coefficient (Wildman–Crippen LogP) is 4.62. The molecule has 2 rings (SSSR count). The molecule has 24 heavy (non-hydrogen) atoms. The van der Waals surface area contributed by atoms with Gasteiger partial charge in [0, 0.05) is 18.5 Å². The molecule has 2 aromatic rings. The van der Waals surface area contributed by atoms with E-state index in [1.807, 2.05) is 23.1 Å². The number of para-hydroxylation sites is 1. The fourth-order valence-corrected chi connectivity index (χ4v) is 2.80. The minimum atomic E-state index is -0.547. The molecule has 0 aliphatic carbocycles. The van der Waals surface area contributed by atoms with Crippen LogP contribution >= 0.6 is 0 Å². The highest BCUT2D eigenvalue weighted by Gasteiger charge is 2.20. The zero-order valence-electron chi connectivity index (χ0n) is 14.7. The summed E-state index contributed by atoms with van der Waals surface area (Å²) < 4.78 is 5.31. The summed E-state index contributed by atoms with van der Waals surface area (Å²) in [5, 5.41) is 0.780. The molecular weight excluding hydrogens is 302 g/mol. The number of fused-ring (bicyclic) bond motifs is 1. The molecule has 1 heterocycles. The van der Waals surface area contributed by atoms with Gasteiger partial charge in [-0.2, -0.15) is 0 Å². The Hall–Kier alpha value is -2.10. The predicted molar refractivity (Wildman–Crippen MR) is 97.4 cm³/mol. The molecule has 0 aliphatic rings. The van der Waals surface area contributed by atoms with Crippen LogP contribution in [0.15, 0.2) is 39.5 Å². The average molecular weight is 329 g/mol. The van der Waals surface area contributed by atoms with Crippen LogP contribution in [0.1, 0.15) is 62.7 Å². The van der Waals surface area contributed by atoms with Gasteiger partial charge in [-0.3, -0.25) is 4.79 Å². The third kappa shape index (κ3) is 4.70. The topological polar surface area (TPSA) is 50.5 Å². The molecule has 0 unspecified atom stereocenters. The molecule has 0 spiro atoms. The van der Waals surface area contributed by atoms with Crippen LogP contribution in [-0.2, 0) is 0 Å². The fraction of sp³-hybridized carbons (Fsp3) is 0.500. The van der Waals surface area contributed by atoms with Crippen molar-refractivity contribution >= 4 is 16.9 Å². The largest absolute Gasteiger partial charge is 0.422 e. The van der Waals surface area contributed by atoms with Gasteiger partial charge in [0.25, 0.3) is 5.91 Å². The SMILES string of the molecule is CCCCCN(CCCCC)C(=O)c1cc2ccccc2oc1=O. The summed E-state index contributed by atoms with van der Waals surface area (Å²) in [6.45, 7) is 5.67. The molecule has 4 nitrogen and oxygen atoms in total. The fourth-order valence-electron chi connectivity index (χ4n) is 2.80. The van der Waals surface area contributed by atoms with E-state index in [0.717, 1.165) is 43.9 Å². The van der Waals surface area contributed by atoms with Gasteiger partial charge in [0.05, 0.1) is 0 Å². The summed E-state index contributed by atoms with van der Waals surface area (Å²) in [6.07, 6.45) is 6.32. The van der Waals surface area contributed by atoms with E-state index < -0.39 is 5.63 Å². The highest BCUT2D eigenvalue weighted by atomic mass is 16.4. The van der Waals surface area contributed by atoms with Gasteiger partial charge in [-0.15, -0.1) is 0 Å². The lowest BCUT2D eigenvalue weighted by molar-refractivity contribution is 0.0745. The number of rotatable bonds is 9. The second-order valence-corrected chi connectivity index (χ2v) is 6.19. The van der Waals surface area contributed by atoms with Gasteiger partial charge < -0.3 is 9.32 Å². The second kappa shape index (κ2) is 9.26. The quantitative estimate of drug-likeness (QED) is 0.498. The van der Waals surface area contributed by atoms with E-state index in [2.05, 4.69) is 13.8 Å². The number of benzene rings is 1. The van der Waals surface area contributed by atoms with Crippen LogP contribution in [-0.4, -0.2) is 23.9 Å². The number of hydrogen-bond acceptors (Lipinski definition) is 3. The number of nitrogens with zero attached hydrogens (tertiary/aromatic N) is 1. The third-order valence-electron chi connectivity index (χ3n) is 4.22. The zero-order valence-corrected chi connectivity index (χ0v) is 14.7. The van der Waals surface area contributed by atoms with Crippen molar-refractivity contribution in [3.8, 4) is 0 Å². The van der Waals surface area contributed by atoms with Crippen molar-refractivity contribution < 1.29 is 9.21 Å². The molecule has 1 aromatic carbocycles. The highest BCUT2D eigenvalue weighted by molar-refractivity contribution is 5.96. The Balaban J connectivity index is 2.23. The van der Waals surface area contributed by atoms with Crippen molar-refractivity contribution in [1.82, 2.24) is 4.90 Å². The molecular formula is C20H27NO3. The van der Waals surface area contributed by atoms with Gasteiger partial charge in [-0.25, -0.2) is 4.79 Å². The number of carbonyl (C=O) groups is 1. The lowest BCUT2D eigenvalue weighted by atomic mass is 10.1. The van der Waals surface area contributed by atoms with Crippen molar-refractivity contribution in [2.24, 2.45) is 0 Å². The number of amides is 1. The summed E-state index contributed by atoms with van der Waals surface area (Å²) in [4.78, 5) is 26.9. The summed E-state index contributed by atoms with van der Waals surface area (Å²) >= 11 is 0. The molecule has 130 valence electrons. The Morgan fingerprint density at radius 3 is 2.25 bits per heavy atom. The summed E-state index contributed by atoms with van der Waals surface area (Å²) in [5.74, 6) is -0.207. The van der Waals surface area contributed by atoms with E-state index in [0.29, 0.717) is 18.7 Å². The van der Waals surface area contributed by atoms with Crippen LogP contribution in [0.3, 0.4) is 0 Å². The summed E-state index contributed by atoms with van der Waals surface area (Å²) in [5.41, 5.74) is 0.110. The van der Waals surface area contributed by atoms with Crippen molar-refractivity contribution in [2.45, 2.75) is 52.4 Å². The molecule has 4 heteroatoms. The van der Waals surface area contributed by atoms with Gasteiger partial charge in [-0.05, 0) is 25.0 Å². The normalized spacial score (nSPS) is 10.9. The third-order valence-corrected chi connectivity index (χ3v) is 4.22. The summed E-state index contributed by atoms with van der Waals surface area (Å²) in [6, 6.07) is 8.94. The van der Waals surface area contributed by atoms with Crippen LogP contribution in [0.4, 0.5) is 0 Å². The first-order chi connectivity index (χ1) is 11.7. The molecule has 0 atom stereocenters. The highest BCUT2D eigenvalue weighted by Crippen LogP contribution is 2.14. The zero-order chi connectivity index (χ0) is 17.4. The molecule has 0 aliphatic heterocycles. The minimum absolute atomic E-state index is 0.140. The number of carbonyl (C=O) groups excluding carboxylic acids is 1.